The number of Topliss-reactive ketones (excluding diaryl/α,β-unsaturated/α-hetero) is 2. The summed E-state index contributed by atoms with van der Waals surface area (Å²) in [6, 6.07) is 0.730. The summed E-state index contributed by atoms with van der Waals surface area (Å²) in [5.41, 5.74) is -0.345. The van der Waals surface area contributed by atoms with Gasteiger partial charge in [-0.1, -0.05) is 0 Å². The lowest BCUT2D eigenvalue weighted by Gasteiger charge is -2.55. The number of nitrogens with zero attached hydrogens (tertiary/aromatic N) is 1. The highest BCUT2D eigenvalue weighted by Crippen LogP contribution is 2.59. The Morgan fingerprint density at radius 2 is 1.96 bits per heavy atom. The van der Waals surface area contributed by atoms with Gasteiger partial charge in [-0.2, -0.15) is 0 Å². The molecule has 26 heavy (non-hydrogen) atoms. The highest BCUT2D eigenvalue weighted by atomic mass is 16.5. The minimum absolute atomic E-state index is 0.0912. The van der Waals surface area contributed by atoms with Crippen molar-refractivity contribution in [1.29, 1.82) is 0 Å². The Balaban J connectivity index is 2.08. The number of likely N-dealkylation sites (tertiary alicyclic amines) is 1. The van der Waals surface area contributed by atoms with Crippen LogP contribution in [0.2, 0.25) is 0 Å². The maximum absolute atomic E-state index is 13.2. The number of hydrogen-bond donors (Lipinski definition) is 2. The molecular formula is C19H21NO6. The zero-order valence-corrected chi connectivity index (χ0v) is 14.9. The molecule has 1 heterocycles. The van der Waals surface area contributed by atoms with Crippen molar-refractivity contribution in [2.45, 2.75) is 24.3 Å². The molecule has 7 nitrogen and oxygen atoms in total. The molecule has 7 heteroatoms. The number of ether oxygens (including phenoxy) is 2. The van der Waals surface area contributed by atoms with Crippen LogP contribution < -0.4 is 4.74 Å². The number of benzene rings is 1. The number of aromatic hydroxyl groups is 2. The zero-order chi connectivity index (χ0) is 18.8. The largest absolute Gasteiger partial charge is 0.507 e. The van der Waals surface area contributed by atoms with Gasteiger partial charge >= 0.3 is 0 Å². The van der Waals surface area contributed by atoms with Crippen molar-refractivity contribution < 1.29 is 29.3 Å². The maximum atomic E-state index is 13.2. The van der Waals surface area contributed by atoms with E-state index in [2.05, 4.69) is 0 Å². The molecule has 2 aliphatic carbocycles. The Kier molecular flexibility index (Phi) is 3.56. The Morgan fingerprint density at radius 3 is 2.62 bits per heavy atom. The van der Waals surface area contributed by atoms with Gasteiger partial charge in [0.2, 0.25) is 0 Å². The van der Waals surface area contributed by atoms with E-state index in [1.165, 1.54) is 20.3 Å². The average Bonchev–Trinajstić information content (AvgIpc) is 2.61. The molecule has 0 spiro atoms. The molecule has 0 radical (unpaired) electrons. The Hall–Kier alpha value is -2.54. The number of hydrogen-bond acceptors (Lipinski definition) is 7. The van der Waals surface area contributed by atoms with Crippen LogP contribution in [0.3, 0.4) is 0 Å². The molecule has 0 amide bonds. The van der Waals surface area contributed by atoms with Gasteiger partial charge in [0.25, 0.3) is 0 Å². The predicted molar refractivity (Wildman–Crippen MR) is 91.6 cm³/mol. The Morgan fingerprint density at radius 1 is 1.23 bits per heavy atom. The van der Waals surface area contributed by atoms with Gasteiger partial charge in [-0.15, -0.1) is 0 Å². The average molecular weight is 359 g/mol. The number of carbonyl (C=O) groups excluding carboxylic acids is 2. The normalized spacial score (nSPS) is 30.3. The number of ketones is 2. The van der Waals surface area contributed by atoms with Crippen LogP contribution in [-0.4, -0.2) is 60.5 Å². The third kappa shape index (κ3) is 1.92. The van der Waals surface area contributed by atoms with Gasteiger partial charge in [0.05, 0.1) is 25.8 Å². The predicted octanol–water partition coefficient (Wildman–Crippen LogP) is 1.36. The number of carbonyl (C=O) groups is 2. The van der Waals surface area contributed by atoms with Gasteiger partial charge in [-0.3, -0.25) is 14.5 Å². The number of phenolic OH excluding ortho intramolecular Hbond substituents is 2. The molecule has 3 atom stereocenters. The molecule has 1 fully saturated rings. The number of methoxy groups -OCH3 is 2. The summed E-state index contributed by atoms with van der Waals surface area (Å²) in [4.78, 5) is 27.8. The minimum atomic E-state index is -0.768. The molecular weight excluding hydrogens is 338 g/mol. The van der Waals surface area contributed by atoms with Crippen molar-refractivity contribution in [3.8, 4) is 17.2 Å². The monoisotopic (exact) mass is 359 g/mol. The van der Waals surface area contributed by atoms with Crippen molar-refractivity contribution in [2.24, 2.45) is 5.92 Å². The summed E-state index contributed by atoms with van der Waals surface area (Å²) < 4.78 is 10.4. The molecule has 1 saturated heterocycles. The third-order valence-electron chi connectivity index (χ3n) is 6.14. The first-order valence-corrected chi connectivity index (χ1v) is 8.52. The van der Waals surface area contributed by atoms with Crippen molar-refractivity contribution >= 4 is 11.6 Å². The van der Waals surface area contributed by atoms with E-state index in [1.54, 1.807) is 6.08 Å². The van der Waals surface area contributed by atoms with Crippen molar-refractivity contribution in [3.63, 3.8) is 0 Å². The fourth-order valence-corrected chi connectivity index (χ4v) is 4.94. The Labute approximate surface area is 150 Å². The quantitative estimate of drug-likeness (QED) is 0.770. The maximum Gasteiger partial charge on any atom is 0.197 e. The second-order valence-corrected chi connectivity index (χ2v) is 7.25. The number of piperidine rings is 1. The first-order chi connectivity index (χ1) is 12.4. The van der Waals surface area contributed by atoms with E-state index >= 15 is 0 Å². The molecule has 138 valence electrons. The highest BCUT2D eigenvalue weighted by Gasteiger charge is 2.60. The number of phenols is 2. The number of allylic oxidation sites excluding steroid dienone is 1. The van der Waals surface area contributed by atoms with E-state index in [0.717, 1.165) is 0 Å². The van der Waals surface area contributed by atoms with E-state index in [1.807, 2.05) is 11.9 Å². The van der Waals surface area contributed by atoms with Crippen LogP contribution in [0.5, 0.6) is 17.2 Å². The second kappa shape index (κ2) is 5.48. The minimum Gasteiger partial charge on any atom is -0.507 e. The molecule has 1 aromatic rings. The summed E-state index contributed by atoms with van der Waals surface area (Å²) in [5, 5.41) is 21.3. The van der Waals surface area contributed by atoms with Crippen LogP contribution in [0, 0.1) is 5.92 Å². The fraction of sp³-hybridized carbons (Fsp3) is 0.474. The van der Waals surface area contributed by atoms with Gasteiger partial charge in [0, 0.05) is 29.4 Å². The van der Waals surface area contributed by atoms with E-state index in [4.69, 9.17) is 9.47 Å². The molecule has 0 aromatic heterocycles. The van der Waals surface area contributed by atoms with Crippen LogP contribution >= 0.6 is 0 Å². The molecule has 1 aromatic carbocycles. The van der Waals surface area contributed by atoms with Gasteiger partial charge in [0.15, 0.2) is 28.8 Å². The van der Waals surface area contributed by atoms with Crippen LogP contribution in [0.4, 0.5) is 0 Å². The van der Waals surface area contributed by atoms with Crippen LogP contribution in [0.1, 0.15) is 28.8 Å². The van der Waals surface area contributed by atoms with E-state index in [-0.39, 0.29) is 52.5 Å². The Bertz CT molecular complexity index is 860. The summed E-state index contributed by atoms with van der Waals surface area (Å²) in [6.45, 7) is 0.604. The lowest BCUT2D eigenvalue weighted by atomic mass is 9.53. The second-order valence-electron chi connectivity index (χ2n) is 7.25. The summed E-state index contributed by atoms with van der Waals surface area (Å²) in [6.07, 6.45) is 2.40. The summed E-state index contributed by atoms with van der Waals surface area (Å²) in [5.74, 6) is -0.836. The van der Waals surface area contributed by atoms with Crippen LogP contribution in [-0.2, 0) is 14.9 Å². The standard InChI is InChI=1S/C19H21NO6/c1-20-5-4-19-8-11(22)12(25-2)6-9(19)16(20)18(24)14-10(21)7-13(26-3)17(23)15(14)19/h6-7,9,16,21,23H,4-5,8H2,1-3H3. The lowest BCUT2D eigenvalue weighted by molar-refractivity contribution is -0.122. The van der Waals surface area contributed by atoms with Gasteiger partial charge in [-0.05, 0) is 26.1 Å². The topological polar surface area (TPSA) is 96.3 Å². The van der Waals surface area contributed by atoms with Crippen LogP contribution in [0.15, 0.2) is 17.9 Å². The smallest absolute Gasteiger partial charge is 0.197 e. The SMILES string of the molecule is COC1=CC2C3C(=O)c4c(O)cc(OC)c(O)c4C2(CCN3C)CC1=O. The molecule has 2 bridgehead atoms. The van der Waals surface area contributed by atoms with E-state index in [9.17, 15) is 19.8 Å². The fourth-order valence-electron chi connectivity index (χ4n) is 4.94. The number of fused-ring (bicyclic) bond motifs is 1. The van der Waals surface area contributed by atoms with Gasteiger partial charge < -0.3 is 19.7 Å². The van der Waals surface area contributed by atoms with Crippen molar-refractivity contribution in [1.82, 2.24) is 4.90 Å². The van der Waals surface area contributed by atoms with Gasteiger partial charge in [-0.25, -0.2) is 0 Å². The molecule has 4 rings (SSSR count). The summed E-state index contributed by atoms with van der Waals surface area (Å²) >= 11 is 0. The third-order valence-corrected chi connectivity index (χ3v) is 6.14. The lowest BCUT2D eigenvalue weighted by Crippen LogP contribution is -2.62. The van der Waals surface area contributed by atoms with Crippen LogP contribution in [0.25, 0.3) is 0 Å². The highest BCUT2D eigenvalue weighted by molar-refractivity contribution is 6.08. The number of likely N-dealkylation sites (N-methyl/N-ethyl adjacent to an activating group) is 1. The van der Waals surface area contributed by atoms with Gasteiger partial charge in [0.1, 0.15) is 5.75 Å². The van der Waals surface area contributed by atoms with Crippen molar-refractivity contribution in [2.75, 3.05) is 27.8 Å². The molecule has 2 N–H and O–H groups in total. The first-order valence-electron chi connectivity index (χ1n) is 8.52. The number of rotatable bonds is 2. The molecule has 3 aliphatic rings. The van der Waals surface area contributed by atoms with E-state index < -0.39 is 11.5 Å². The first kappa shape index (κ1) is 16.9. The molecule has 1 aliphatic heterocycles. The molecule has 0 saturated carbocycles. The zero-order valence-electron chi connectivity index (χ0n) is 14.9. The molecule has 3 unspecified atom stereocenters. The summed E-state index contributed by atoms with van der Waals surface area (Å²) in [7, 11) is 4.67. The van der Waals surface area contributed by atoms with Crippen molar-refractivity contribution in [3.05, 3.63) is 29.0 Å². The van der Waals surface area contributed by atoms with E-state index in [0.29, 0.717) is 18.5 Å².